The van der Waals surface area contributed by atoms with Crippen molar-refractivity contribution >= 4 is 34.2 Å². The van der Waals surface area contributed by atoms with Crippen molar-refractivity contribution in [3.8, 4) is 5.75 Å². The number of esters is 1. The molecule has 3 aromatic carbocycles. The number of anilines is 1. The number of carbonyl (C=O) groups excluding carboxylic acids is 3. The molecule has 0 aromatic heterocycles. The molecular formula is C23H22N2O5. The Morgan fingerprint density at radius 1 is 0.900 bits per heavy atom. The van der Waals surface area contributed by atoms with Gasteiger partial charge >= 0.3 is 5.97 Å². The van der Waals surface area contributed by atoms with Gasteiger partial charge in [0.05, 0.1) is 0 Å². The zero-order chi connectivity index (χ0) is 21.3. The van der Waals surface area contributed by atoms with Crippen molar-refractivity contribution < 1.29 is 23.9 Å². The molecule has 0 bridgehead atoms. The lowest BCUT2D eigenvalue weighted by molar-refractivity contribution is -0.152. The molecule has 0 aliphatic heterocycles. The van der Waals surface area contributed by atoms with Crippen LogP contribution in [0.25, 0.3) is 10.8 Å². The minimum Gasteiger partial charge on any atom is -0.484 e. The molecule has 3 rings (SSSR count). The van der Waals surface area contributed by atoms with E-state index in [-0.39, 0.29) is 13.2 Å². The molecule has 0 fully saturated rings. The maximum absolute atomic E-state index is 12.3. The summed E-state index contributed by atoms with van der Waals surface area (Å²) in [6.45, 7) is 0.883. The molecular weight excluding hydrogens is 384 g/mol. The summed E-state index contributed by atoms with van der Waals surface area (Å²) in [7, 11) is 0. The predicted octanol–water partition coefficient (Wildman–Crippen LogP) is 2.91. The van der Waals surface area contributed by atoms with Crippen LogP contribution in [0.15, 0.2) is 72.8 Å². The molecule has 2 N–H and O–H groups in total. The number of benzene rings is 3. The summed E-state index contributed by atoms with van der Waals surface area (Å²) in [6, 6.07) is 22.1. The zero-order valence-electron chi connectivity index (χ0n) is 16.5. The van der Waals surface area contributed by atoms with Gasteiger partial charge in [-0.3, -0.25) is 14.4 Å². The monoisotopic (exact) mass is 406 g/mol. The highest BCUT2D eigenvalue weighted by molar-refractivity contribution is 5.97. The van der Waals surface area contributed by atoms with Crippen LogP contribution in [-0.4, -0.2) is 37.0 Å². The summed E-state index contributed by atoms with van der Waals surface area (Å²) in [5.74, 6) is -1.10. The van der Waals surface area contributed by atoms with E-state index >= 15 is 0 Å². The molecule has 0 aliphatic rings. The van der Waals surface area contributed by atoms with Crippen LogP contribution in [0.3, 0.4) is 0 Å². The highest BCUT2D eigenvalue weighted by atomic mass is 16.5. The van der Waals surface area contributed by atoms with Crippen LogP contribution in [0, 0.1) is 0 Å². The Labute approximate surface area is 174 Å². The molecule has 30 heavy (non-hydrogen) atoms. The number of nitrogens with one attached hydrogen (secondary N) is 2. The molecule has 1 atom stereocenters. The van der Waals surface area contributed by atoms with E-state index in [1.54, 1.807) is 30.3 Å². The number of fused-ring (bicyclic) bond motifs is 1. The summed E-state index contributed by atoms with van der Waals surface area (Å²) in [5.41, 5.74) is 0.605. The van der Waals surface area contributed by atoms with E-state index < -0.39 is 23.9 Å². The average Bonchev–Trinajstić information content (AvgIpc) is 2.76. The Hall–Kier alpha value is -3.87. The third-order valence-corrected chi connectivity index (χ3v) is 4.24. The highest BCUT2D eigenvalue weighted by Gasteiger charge is 2.18. The maximum atomic E-state index is 12.3. The van der Waals surface area contributed by atoms with Gasteiger partial charge in [-0.05, 0) is 42.0 Å². The number of para-hydroxylation sites is 1. The molecule has 7 nitrogen and oxygen atoms in total. The molecule has 7 heteroatoms. The van der Waals surface area contributed by atoms with Crippen molar-refractivity contribution in [1.29, 1.82) is 0 Å². The molecule has 2 amide bonds. The Morgan fingerprint density at radius 2 is 1.60 bits per heavy atom. The van der Waals surface area contributed by atoms with Crippen LogP contribution in [-0.2, 0) is 19.1 Å². The fourth-order valence-electron chi connectivity index (χ4n) is 2.69. The molecule has 0 radical (unpaired) electrons. The van der Waals surface area contributed by atoms with E-state index in [9.17, 15) is 14.4 Å². The Balaban J connectivity index is 1.41. The summed E-state index contributed by atoms with van der Waals surface area (Å²) in [6.07, 6.45) is -1.01. The molecule has 3 aromatic rings. The summed E-state index contributed by atoms with van der Waals surface area (Å²) < 4.78 is 10.4. The predicted molar refractivity (Wildman–Crippen MR) is 113 cm³/mol. The second-order valence-electron chi connectivity index (χ2n) is 6.56. The molecule has 154 valence electrons. The van der Waals surface area contributed by atoms with Crippen molar-refractivity contribution in [3.05, 3.63) is 72.8 Å². The Morgan fingerprint density at radius 3 is 2.37 bits per heavy atom. The van der Waals surface area contributed by atoms with Crippen LogP contribution in [0.5, 0.6) is 5.75 Å². The quantitative estimate of drug-likeness (QED) is 0.561. The second-order valence-corrected chi connectivity index (χ2v) is 6.56. The van der Waals surface area contributed by atoms with Crippen LogP contribution in [0.2, 0.25) is 0 Å². The standard InChI is InChI=1S/C23H22N2O5/c1-16(23(28)25-19-12-11-17-7-5-6-8-18(17)13-19)30-22(27)14-24-21(26)15-29-20-9-3-2-4-10-20/h2-13,16H,14-15H2,1H3,(H,24,26)(H,25,28). The Kier molecular flexibility index (Phi) is 7.00. The lowest BCUT2D eigenvalue weighted by Crippen LogP contribution is -2.37. The molecule has 0 heterocycles. The van der Waals surface area contributed by atoms with Gasteiger partial charge in [0.25, 0.3) is 11.8 Å². The van der Waals surface area contributed by atoms with Crippen molar-refractivity contribution in [2.75, 3.05) is 18.5 Å². The fourth-order valence-corrected chi connectivity index (χ4v) is 2.69. The van der Waals surface area contributed by atoms with Gasteiger partial charge in [0.15, 0.2) is 12.7 Å². The third kappa shape index (κ3) is 6.07. The minimum atomic E-state index is -1.01. The first kappa shape index (κ1) is 20.9. The summed E-state index contributed by atoms with van der Waals surface area (Å²) in [5, 5.41) is 7.16. The van der Waals surface area contributed by atoms with Crippen molar-refractivity contribution in [3.63, 3.8) is 0 Å². The second kappa shape index (κ2) is 10.1. The maximum Gasteiger partial charge on any atom is 0.326 e. The first-order chi connectivity index (χ1) is 14.5. The van der Waals surface area contributed by atoms with Crippen molar-refractivity contribution in [2.45, 2.75) is 13.0 Å². The normalized spacial score (nSPS) is 11.4. The van der Waals surface area contributed by atoms with Gasteiger partial charge in [-0.25, -0.2) is 0 Å². The van der Waals surface area contributed by atoms with E-state index in [1.807, 2.05) is 42.5 Å². The van der Waals surface area contributed by atoms with Gasteiger partial charge in [-0.1, -0.05) is 48.5 Å². The minimum absolute atomic E-state index is 0.227. The van der Waals surface area contributed by atoms with Crippen LogP contribution in [0.1, 0.15) is 6.92 Å². The van der Waals surface area contributed by atoms with Gasteiger partial charge in [0.1, 0.15) is 12.3 Å². The van der Waals surface area contributed by atoms with Gasteiger partial charge in [0, 0.05) is 5.69 Å². The topological polar surface area (TPSA) is 93.7 Å². The van der Waals surface area contributed by atoms with E-state index in [0.717, 1.165) is 10.8 Å². The highest BCUT2D eigenvalue weighted by Crippen LogP contribution is 2.19. The van der Waals surface area contributed by atoms with E-state index in [1.165, 1.54) is 6.92 Å². The number of carbonyl (C=O) groups is 3. The molecule has 0 aliphatic carbocycles. The Bertz CT molecular complexity index is 1040. The fraction of sp³-hybridized carbons (Fsp3) is 0.174. The zero-order valence-corrected chi connectivity index (χ0v) is 16.5. The first-order valence-electron chi connectivity index (χ1n) is 9.45. The van der Waals surface area contributed by atoms with Crippen LogP contribution >= 0.6 is 0 Å². The number of rotatable bonds is 8. The first-order valence-corrected chi connectivity index (χ1v) is 9.45. The van der Waals surface area contributed by atoms with E-state index in [2.05, 4.69) is 10.6 Å². The third-order valence-electron chi connectivity index (χ3n) is 4.24. The van der Waals surface area contributed by atoms with Gasteiger partial charge < -0.3 is 20.1 Å². The van der Waals surface area contributed by atoms with E-state index in [0.29, 0.717) is 11.4 Å². The molecule has 0 saturated carbocycles. The summed E-state index contributed by atoms with van der Waals surface area (Å²) in [4.78, 5) is 36.0. The lowest BCUT2D eigenvalue weighted by Gasteiger charge is -2.14. The number of hydrogen-bond donors (Lipinski definition) is 2. The van der Waals surface area contributed by atoms with Crippen LogP contribution in [0.4, 0.5) is 5.69 Å². The smallest absolute Gasteiger partial charge is 0.326 e. The van der Waals surface area contributed by atoms with Gasteiger partial charge in [-0.2, -0.15) is 0 Å². The van der Waals surface area contributed by atoms with E-state index in [4.69, 9.17) is 9.47 Å². The number of ether oxygens (including phenoxy) is 2. The number of amides is 2. The summed E-state index contributed by atoms with van der Waals surface area (Å²) >= 11 is 0. The molecule has 0 saturated heterocycles. The van der Waals surface area contributed by atoms with Crippen molar-refractivity contribution in [2.24, 2.45) is 0 Å². The molecule has 1 unspecified atom stereocenters. The van der Waals surface area contributed by atoms with Crippen molar-refractivity contribution in [1.82, 2.24) is 5.32 Å². The average molecular weight is 406 g/mol. The van der Waals surface area contributed by atoms with Gasteiger partial charge in [0.2, 0.25) is 0 Å². The molecule has 0 spiro atoms. The largest absolute Gasteiger partial charge is 0.484 e. The van der Waals surface area contributed by atoms with Gasteiger partial charge in [-0.15, -0.1) is 0 Å². The number of hydrogen-bond acceptors (Lipinski definition) is 5. The SMILES string of the molecule is CC(OC(=O)CNC(=O)COc1ccccc1)C(=O)Nc1ccc2ccccc2c1. The van der Waals surface area contributed by atoms with Crippen LogP contribution < -0.4 is 15.4 Å². The lowest BCUT2D eigenvalue weighted by atomic mass is 10.1.